The van der Waals surface area contributed by atoms with Crippen LogP contribution in [0.2, 0.25) is 0 Å². The SMILES string of the molecule is CCCCC/C=C\C=C/CCCCCCCCCCCCC(=O)NC(COC1OC(CO)C(O)C(OS(=O)(=O)O)C1O)C(O)CCCCCCCCCCCCCCCCCCCCCCCCCCC. The van der Waals surface area contributed by atoms with Crippen molar-refractivity contribution in [2.24, 2.45) is 0 Å². The molecule has 6 N–H and O–H groups in total. The van der Waals surface area contributed by atoms with Crippen molar-refractivity contribution >= 4 is 16.3 Å². The number of carbonyl (C=O) groups excluding carboxylic acids is 1. The second-order valence-electron chi connectivity index (χ2n) is 21.0. The Morgan fingerprint density at radius 1 is 0.563 bits per heavy atom. The smallest absolute Gasteiger partial charge is 0.394 e. The van der Waals surface area contributed by atoms with E-state index in [1.165, 1.54) is 199 Å². The minimum absolute atomic E-state index is 0.230. The molecule has 420 valence electrons. The highest BCUT2D eigenvalue weighted by molar-refractivity contribution is 7.80. The summed E-state index contributed by atoms with van der Waals surface area (Å²) in [6.07, 6.45) is 50.4. The van der Waals surface area contributed by atoms with Crippen molar-refractivity contribution in [1.29, 1.82) is 0 Å². The molecular formula is C58H111NO11S. The predicted octanol–water partition coefficient (Wildman–Crippen LogP) is 14.0. The lowest BCUT2D eigenvalue weighted by atomic mass is 9.99. The van der Waals surface area contributed by atoms with E-state index in [4.69, 9.17) is 9.47 Å². The second kappa shape index (κ2) is 48.2. The first-order valence-corrected chi connectivity index (χ1v) is 31.1. The molecule has 1 aliphatic rings. The molecule has 13 heteroatoms. The zero-order valence-corrected chi connectivity index (χ0v) is 46.4. The number of unbranched alkanes of at least 4 members (excludes halogenated alkanes) is 37. The van der Waals surface area contributed by atoms with Crippen LogP contribution >= 0.6 is 0 Å². The Kier molecular flexibility index (Phi) is 45.9. The standard InChI is InChI=1S/C58H111NO11S/c1-3-5-7-9-11-13-15-17-19-21-23-24-25-26-27-28-30-31-33-35-37-39-41-43-45-47-52(61)51(50-68-58-56(64)57(70-71(65,66)67)55(63)53(49-60)69-58)59-54(62)48-46-44-42-40-38-36-34-32-29-22-20-18-16-14-12-10-8-6-4-2/h12,14,16,18,51-53,55-58,60-61,63-64H,3-11,13,15,17,19-50H2,1-2H3,(H,59,62)(H,65,66,67)/b14-12-,18-16-. The quantitative estimate of drug-likeness (QED) is 0.0193. The van der Waals surface area contributed by atoms with Gasteiger partial charge in [-0.3, -0.25) is 9.35 Å². The minimum atomic E-state index is -5.08. The molecule has 0 radical (unpaired) electrons. The number of carbonyl (C=O) groups is 1. The van der Waals surface area contributed by atoms with Crippen LogP contribution in [0.5, 0.6) is 0 Å². The Balaban J connectivity index is 2.33. The lowest BCUT2D eigenvalue weighted by molar-refractivity contribution is -0.298. The van der Waals surface area contributed by atoms with Crippen LogP contribution in [0.25, 0.3) is 0 Å². The highest BCUT2D eigenvalue weighted by Crippen LogP contribution is 2.26. The third-order valence-electron chi connectivity index (χ3n) is 14.3. The fourth-order valence-corrected chi connectivity index (χ4v) is 10.2. The Bertz CT molecular complexity index is 1350. The molecule has 0 aromatic rings. The molecular weight excluding hydrogens is 919 g/mol. The van der Waals surface area contributed by atoms with Crippen LogP contribution in [0.1, 0.15) is 284 Å². The number of aliphatic hydroxyl groups excluding tert-OH is 4. The minimum Gasteiger partial charge on any atom is -0.394 e. The maximum atomic E-state index is 13.1. The molecule has 0 bridgehead atoms. The average molecular weight is 1030 g/mol. The summed E-state index contributed by atoms with van der Waals surface area (Å²) in [5.41, 5.74) is 0. The summed E-state index contributed by atoms with van der Waals surface area (Å²) in [5.74, 6) is -0.230. The van der Waals surface area contributed by atoms with Gasteiger partial charge in [-0.15, -0.1) is 0 Å². The summed E-state index contributed by atoms with van der Waals surface area (Å²) in [5, 5.41) is 45.2. The van der Waals surface area contributed by atoms with E-state index < -0.39 is 59.9 Å². The van der Waals surface area contributed by atoms with E-state index in [0.29, 0.717) is 12.8 Å². The molecule has 1 heterocycles. The molecule has 12 nitrogen and oxygen atoms in total. The normalized spacial score (nSPS) is 19.6. The number of hydrogen-bond donors (Lipinski definition) is 6. The molecule has 1 aliphatic heterocycles. The van der Waals surface area contributed by atoms with Crippen molar-refractivity contribution in [3.63, 3.8) is 0 Å². The first-order valence-electron chi connectivity index (χ1n) is 29.7. The van der Waals surface area contributed by atoms with Crippen molar-refractivity contribution in [1.82, 2.24) is 5.32 Å². The van der Waals surface area contributed by atoms with Crippen molar-refractivity contribution in [3.8, 4) is 0 Å². The van der Waals surface area contributed by atoms with Gasteiger partial charge in [0.05, 0.1) is 25.4 Å². The first-order chi connectivity index (χ1) is 34.5. The van der Waals surface area contributed by atoms with Gasteiger partial charge in [0.1, 0.15) is 24.4 Å². The summed E-state index contributed by atoms with van der Waals surface area (Å²) in [6.45, 7) is 3.46. The molecule has 1 fully saturated rings. The van der Waals surface area contributed by atoms with Gasteiger partial charge in [-0.25, -0.2) is 4.18 Å². The van der Waals surface area contributed by atoms with Gasteiger partial charge in [0.2, 0.25) is 5.91 Å². The number of ether oxygens (including phenoxy) is 2. The maximum absolute atomic E-state index is 13.1. The van der Waals surface area contributed by atoms with Crippen LogP contribution in [0.4, 0.5) is 0 Å². The predicted molar refractivity (Wildman–Crippen MR) is 292 cm³/mol. The van der Waals surface area contributed by atoms with Crippen LogP contribution in [-0.2, 0) is 28.9 Å². The molecule has 1 amide bonds. The van der Waals surface area contributed by atoms with E-state index in [9.17, 15) is 38.2 Å². The summed E-state index contributed by atoms with van der Waals surface area (Å²) >= 11 is 0. The van der Waals surface area contributed by atoms with Crippen LogP contribution < -0.4 is 5.32 Å². The van der Waals surface area contributed by atoms with E-state index in [1.807, 2.05) is 0 Å². The van der Waals surface area contributed by atoms with Gasteiger partial charge < -0.3 is 35.2 Å². The molecule has 7 unspecified atom stereocenters. The summed E-state index contributed by atoms with van der Waals surface area (Å²) in [6, 6.07) is -0.860. The third-order valence-corrected chi connectivity index (χ3v) is 14.8. The molecule has 1 rings (SSSR count). The Labute approximate surface area is 435 Å². The van der Waals surface area contributed by atoms with Crippen molar-refractivity contribution < 1.29 is 51.8 Å². The molecule has 0 aliphatic carbocycles. The molecule has 0 aromatic heterocycles. The van der Waals surface area contributed by atoms with Gasteiger partial charge in [-0.2, -0.15) is 8.42 Å². The van der Waals surface area contributed by atoms with Crippen LogP contribution in [0, 0.1) is 0 Å². The summed E-state index contributed by atoms with van der Waals surface area (Å²) in [4.78, 5) is 13.1. The second-order valence-corrected chi connectivity index (χ2v) is 22.0. The average Bonchev–Trinajstić information content (AvgIpc) is 3.34. The fraction of sp³-hybridized carbons (Fsp3) is 0.914. The van der Waals surface area contributed by atoms with Gasteiger partial charge in [-0.05, 0) is 38.5 Å². The third kappa shape index (κ3) is 40.6. The molecule has 0 saturated carbocycles. The molecule has 1 saturated heterocycles. The number of hydrogen-bond acceptors (Lipinski definition) is 10. The highest BCUT2D eigenvalue weighted by atomic mass is 32.3. The van der Waals surface area contributed by atoms with Crippen molar-refractivity contribution in [3.05, 3.63) is 24.3 Å². The summed E-state index contributed by atoms with van der Waals surface area (Å²) < 4.78 is 47.9. The Hall–Kier alpha value is -1.42. The number of amides is 1. The van der Waals surface area contributed by atoms with E-state index in [1.54, 1.807) is 0 Å². The molecule has 7 atom stereocenters. The van der Waals surface area contributed by atoms with Gasteiger partial charge in [0, 0.05) is 6.42 Å². The van der Waals surface area contributed by atoms with E-state index >= 15 is 0 Å². The highest BCUT2D eigenvalue weighted by Gasteiger charge is 2.48. The maximum Gasteiger partial charge on any atom is 0.397 e. The van der Waals surface area contributed by atoms with Gasteiger partial charge in [-0.1, -0.05) is 263 Å². The van der Waals surface area contributed by atoms with Crippen LogP contribution in [0.3, 0.4) is 0 Å². The van der Waals surface area contributed by atoms with E-state index in [-0.39, 0.29) is 18.9 Å². The zero-order valence-electron chi connectivity index (χ0n) is 45.6. The van der Waals surface area contributed by atoms with E-state index in [0.717, 1.165) is 51.4 Å². The van der Waals surface area contributed by atoms with E-state index in [2.05, 4.69) is 47.7 Å². The van der Waals surface area contributed by atoms with Crippen molar-refractivity contribution in [2.75, 3.05) is 13.2 Å². The number of nitrogens with one attached hydrogen (secondary N) is 1. The van der Waals surface area contributed by atoms with Gasteiger partial charge >= 0.3 is 10.4 Å². The molecule has 0 spiro atoms. The van der Waals surface area contributed by atoms with Crippen LogP contribution in [0.15, 0.2) is 24.3 Å². The topological polar surface area (TPSA) is 192 Å². The zero-order chi connectivity index (χ0) is 51.9. The van der Waals surface area contributed by atoms with Crippen LogP contribution in [-0.4, -0.2) is 95.4 Å². The largest absolute Gasteiger partial charge is 0.397 e. The Morgan fingerprint density at radius 3 is 1.34 bits per heavy atom. The van der Waals surface area contributed by atoms with Gasteiger partial charge in [0.15, 0.2) is 6.29 Å². The number of aliphatic hydroxyl groups is 4. The lowest BCUT2D eigenvalue weighted by Gasteiger charge is -2.41. The summed E-state index contributed by atoms with van der Waals surface area (Å²) in [7, 11) is -5.08. The number of rotatable bonds is 52. The Morgan fingerprint density at radius 2 is 0.930 bits per heavy atom. The fourth-order valence-electron chi connectivity index (χ4n) is 9.69. The molecule has 71 heavy (non-hydrogen) atoms. The molecule has 0 aromatic carbocycles. The van der Waals surface area contributed by atoms with Gasteiger partial charge in [0.25, 0.3) is 0 Å². The first kappa shape index (κ1) is 67.6. The lowest BCUT2D eigenvalue weighted by Crippen LogP contribution is -2.61. The number of allylic oxidation sites excluding steroid dienone is 4. The van der Waals surface area contributed by atoms with Crippen molar-refractivity contribution in [2.45, 2.75) is 326 Å². The monoisotopic (exact) mass is 1030 g/mol.